The molecule has 0 aromatic heterocycles. The van der Waals surface area contributed by atoms with Gasteiger partial charge >= 0.3 is 24.1 Å². The van der Waals surface area contributed by atoms with Crippen LogP contribution in [-0.4, -0.2) is 101 Å². The Labute approximate surface area is 365 Å². The predicted octanol–water partition coefficient (Wildman–Crippen LogP) is 11.5. The van der Waals surface area contributed by atoms with Gasteiger partial charge in [-0.1, -0.05) is 137 Å². The highest BCUT2D eigenvalue weighted by Gasteiger charge is 2.20. The Morgan fingerprint density at radius 2 is 0.950 bits per heavy atom. The molecule has 0 saturated carbocycles. The van der Waals surface area contributed by atoms with E-state index in [0.717, 1.165) is 58.2 Å². The van der Waals surface area contributed by atoms with Crippen LogP contribution in [0.2, 0.25) is 0 Å². The van der Waals surface area contributed by atoms with Gasteiger partial charge in [0.15, 0.2) is 6.29 Å². The first kappa shape index (κ1) is 57.3. The molecule has 0 aliphatic heterocycles. The normalized spacial score (nSPS) is 12.0. The molecule has 12 heteroatoms. The molecule has 0 rings (SSSR count). The van der Waals surface area contributed by atoms with E-state index < -0.39 is 30.3 Å². The van der Waals surface area contributed by atoms with Crippen molar-refractivity contribution in [2.75, 3.05) is 65.9 Å². The van der Waals surface area contributed by atoms with E-state index in [0.29, 0.717) is 51.7 Å². The van der Waals surface area contributed by atoms with Gasteiger partial charge in [-0.2, -0.15) is 0 Å². The number of ether oxygens (including phenoxy) is 7. The van der Waals surface area contributed by atoms with Crippen molar-refractivity contribution >= 4 is 24.1 Å². The lowest BCUT2D eigenvalue weighted by atomic mass is 10.1. The predicted molar refractivity (Wildman–Crippen MR) is 239 cm³/mol. The molecule has 1 atom stereocenters. The maximum Gasteiger partial charge on any atom is 0.508 e. The minimum Gasteiger partial charge on any atom is -0.465 e. The van der Waals surface area contributed by atoms with Gasteiger partial charge in [0.25, 0.3) is 0 Å². The van der Waals surface area contributed by atoms with Crippen LogP contribution in [0.5, 0.6) is 0 Å². The SMILES string of the molecule is CCCCCC/C=C\COC(=O)CCCCCC(=O)OCC(COC(=O)CCC(OCCCCCCCC)OCCCCCCCC)COC(=O)OCCCN(CC)CC. The lowest BCUT2D eigenvalue weighted by Gasteiger charge is -2.20. The van der Waals surface area contributed by atoms with E-state index in [-0.39, 0.29) is 51.8 Å². The van der Waals surface area contributed by atoms with Crippen LogP contribution < -0.4 is 0 Å². The summed E-state index contributed by atoms with van der Waals surface area (Å²) in [7, 11) is 0. The molecule has 1 unspecified atom stereocenters. The minimum atomic E-state index is -0.818. The third kappa shape index (κ3) is 39.4. The van der Waals surface area contributed by atoms with Crippen LogP contribution in [0, 0.1) is 5.92 Å². The number of carbonyl (C=O) groups excluding carboxylic acids is 4. The summed E-state index contributed by atoms with van der Waals surface area (Å²) in [5.41, 5.74) is 0. The minimum absolute atomic E-state index is 0.0921. The first-order valence-electron chi connectivity index (χ1n) is 24.2. The zero-order chi connectivity index (χ0) is 44.2. The highest BCUT2D eigenvalue weighted by atomic mass is 16.7. The standard InChI is InChI=1S/C48H89NO11/c1-6-11-14-17-20-23-27-36-54-44(50)31-25-24-26-32-45(51)58-40-43(42-60-48(53)57-39-30-35-49(9-4)10-5)41-59-46(52)33-34-47(55-37-28-21-18-15-12-7-2)56-38-29-22-19-16-13-8-3/h23,27,43,47H,6-22,24-26,28-42H2,1-5H3/b27-23-. The van der Waals surface area contributed by atoms with Crippen LogP contribution in [0.4, 0.5) is 4.79 Å². The van der Waals surface area contributed by atoms with E-state index in [1.165, 1.54) is 70.6 Å². The largest absolute Gasteiger partial charge is 0.508 e. The Balaban J connectivity index is 4.90. The molecule has 0 aliphatic rings. The van der Waals surface area contributed by atoms with Crippen LogP contribution in [0.1, 0.15) is 195 Å². The first-order chi connectivity index (χ1) is 29.3. The Hall–Kier alpha value is -2.70. The smallest absolute Gasteiger partial charge is 0.465 e. The zero-order valence-corrected chi connectivity index (χ0v) is 39.0. The molecule has 0 saturated heterocycles. The number of unbranched alkanes of at least 4 members (excludes halogenated alkanes) is 16. The highest BCUT2D eigenvalue weighted by molar-refractivity contribution is 5.70. The van der Waals surface area contributed by atoms with Gasteiger partial charge in [0.05, 0.1) is 18.9 Å². The van der Waals surface area contributed by atoms with E-state index in [2.05, 4.69) is 45.6 Å². The molecule has 60 heavy (non-hydrogen) atoms. The summed E-state index contributed by atoms with van der Waals surface area (Å²) in [5, 5.41) is 0. The summed E-state index contributed by atoms with van der Waals surface area (Å²) in [5.74, 6) is -1.67. The molecule has 0 aliphatic carbocycles. The van der Waals surface area contributed by atoms with Crippen molar-refractivity contribution in [1.29, 1.82) is 0 Å². The van der Waals surface area contributed by atoms with Crippen molar-refractivity contribution in [2.45, 2.75) is 201 Å². The van der Waals surface area contributed by atoms with Crippen molar-refractivity contribution in [3.8, 4) is 0 Å². The molecule has 352 valence electrons. The average molecular weight is 856 g/mol. The second-order valence-electron chi connectivity index (χ2n) is 15.8. The van der Waals surface area contributed by atoms with Gasteiger partial charge in [-0.15, -0.1) is 0 Å². The number of carbonyl (C=O) groups is 4. The Morgan fingerprint density at radius 3 is 1.52 bits per heavy atom. The summed E-state index contributed by atoms with van der Waals surface area (Å²) in [6.45, 7) is 14.8. The van der Waals surface area contributed by atoms with Crippen LogP contribution in [0.25, 0.3) is 0 Å². The van der Waals surface area contributed by atoms with E-state index in [1.807, 2.05) is 6.08 Å². The van der Waals surface area contributed by atoms with Crippen molar-refractivity contribution in [3.63, 3.8) is 0 Å². The van der Waals surface area contributed by atoms with E-state index in [9.17, 15) is 19.2 Å². The van der Waals surface area contributed by atoms with Gasteiger partial charge in [0.1, 0.15) is 26.4 Å². The summed E-state index contributed by atoms with van der Waals surface area (Å²) in [4.78, 5) is 52.2. The summed E-state index contributed by atoms with van der Waals surface area (Å²) in [6, 6.07) is 0. The van der Waals surface area contributed by atoms with E-state index >= 15 is 0 Å². The maximum atomic E-state index is 12.9. The van der Waals surface area contributed by atoms with Gasteiger partial charge in [-0.25, -0.2) is 4.79 Å². The number of hydrogen-bond acceptors (Lipinski definition) is 12. The second kappa shape index (κ2) is 44.4. The van der Waals surface area contributed by atoms with E-state index in [4.69, 9.17) is 33.2 Å². The molecule has 0 heterocycles. The van der Waals surface area contributed by atoms with Crippen molar-refractivity contribution in [2.24, 2.45) is 5.92 Å². The van der Waals surface area contributed by atoms with Crippen LogP contribution in [0.15, 0.2) is 12.2 Å². The molecule has 12 nitrogen and oxygen atoms in total. The fourth-order valence-corrected chi connectivity index (χ4v) is 6.37. The molecule has 0 radical (unpaired) electrons. The monoisotopic (exact) mass is 856 g/mol. The van der Waals surface area contributed by atoms with Gasteiger partial charge < -0.3 is 38.1 Å². The van der Waals surface area contributed by atoms with Crippen LogP contribution in [0.3, 0.4) is 0 Å². The molecule has 0 bridgehead atoms. The molecular formula is C48H89NO11. The Kier molecular flexibility index (Phi) is 42.4. The molecule has 0 aromatic carbocycles. The van der Waals surface area contributed by atoms with Crippen LogP contribution in [-0.2, 0) is 47.5 Å². The highest BCUT2D eigenvalue weighted by Crippen LogP contribution is 2.14. The number of rotatable bonds is 44. The fraction of sp³-hybridized carbons (Fsp3) is 0.875. The third-order valence-corrected chi connectivity index (χ3v) is 10.3. The van der Waals surface area contributed by atoms with E-state index in [1.54, 1.807) is 0 Å². The Bertz CT molecular complexity index is 1020. The molecular weight excluding hydrogens is 767 g/mol. The first-order valence-corrected chi connectivity index (χ1v) is 24.2. The number of nitrogens with zero attached hydrogens (tertiary/aromatic N) is 1. The lowest BCUT2D eigenvalue weighted by molar-refractivity contribution is -0.161. The summed E-state index contributed by atoms with van der Waals surface area (Å²) >= 11 is 0. The van der Waals surface area contributed by atoms with Gasteiger partial charge in [0.2, 0.25) is 0 Å². The average Bonchev–Trinajstić information content (AvgIpc) is 3.25. The van der Waals surface area contributed by atoms with Crippen LogP contribution >= 0.6 is 0 Å². The maximum absolute atomic E-state index is 12.9. The Morgan fingerprint density at radius 1 is 0.467 bits per heavy atom. The van der Waals surface area contributed by atoms with Gasteiger partial charge in [-0.05, 0) is 58.0 Å². The number of allylic oxidation sites excluding steroid dienone is 1. The molecule has 0 amide bonds. The third-order valence-electron chi connectivity index (χ3n) is 10.3. The number of esters is 3. The lowest BCUT2D eigenvalue weighted by Crippen LogP contribution is -2.28. The van der Waals surface area contributed by atoms with Crippen molar-refractivity contribution in [3.05, 3.63) is 12.2 Å². The molecule has 0 N–H and O–H groups in total. The second-order valence-corrected chi connectivity index (χ2v) is 15.8. The quantitative estimate of drug-likeness (QED) is 0.0190. The topological polar surface area (TPSA) is 136 Å². The summed E-state index contributed by atoms with van der Waals surface area (Å²) in [6.07, 6.45) is 25.9. The van der Waals surface area contributed by atoms with Crippen molar-refractivity contribution in [1.82, 2.24) is 4.90 Å². The van der Waals surface area contributed by atoms with Crippen molar-refractivity contribution < 1.29 is 52.3 Å². The fourth-order valence-electron chi connectivity index (χ4n) is 6.37. The summed E-state index contributed by atoms with van der Waals surface area (Å²) < 4.78 is 39.1. The van der Waals surface area contributed by atoms with Gasteiger partial charge in [0, 0.05) is 39.0 Å². The molecule has 0 aromatic rings. The van der Waals surface area contributed by atoms with Gasteiger partial charge in [-0.3, -0.25) is 14.4 Å². The zero-order valence-electron chi connectivity index (χ0n) is 39.0. The number of hydrogen-bond donors (Lipinski definition) is 0. The molecule has 0 fully saturated rings. The molecule has 0 spiro atoms.